The summed E-state index contributed by atoms with van der Waals surface area (Å²) in [5.74, 6) is 1.04. The minimum Gasteiger partial charge on any atom is -0.468 e. The topological polar surface area (TPSA) is 25.2 Å². The van der Waals surface area contributed by atoms with Gasteiger partial charge < -0.3 is 9.73 Å². The van der Waals surface area contributed by atoms with Crippen molar-refractivity contribution in [2.75, 3.05) is 12.8 Å². The quantitative estimate of drug-likeness (QED) is 0.786. The first-order chi connectivity index (χ1) is 6.77. The van der Waals surface area contributed by atoms with E-state index in [0.717, 1.165) is 18.7 Å². The molecule has 2 unspecified atom stereocenters. The Bertz CT molecular complexity index is 235. The number of hydrogen-bond donors (Lipinski definition) is 1. The van der Waals surface area contributed by atoms with Crippen LogP contribution in [-0.2, 0) is 0 Å². The lowest BCUT2D eigenvalue weighted by molar-refractivity contribution is 0.406. The molecular formula is C11H19NOS. The van der Waals surface area contributed by atoms with E-state index in [2.05, 4.69) is 25.4 Å². The monoisotopic (exact) mass is 213 g/mol. The van der Waals surface area contributed by atoms with Crippen molar-refractivity contribution in [1.82, 2.24) is 5.32 Å². The Hall–Kier alpha value is -0.410. The van der Waals surface area contributed by atoms with Gasteiger partial charge in [-0.15, -0.1) is 0 Å². The van der Waals surface area contributed by atoms with Crippen molar-refractivity contribution in [2.45, 2.75) is 31.6 Å². The lowest BCUT2D eigenvalue weighted by atomic mass is 10.1. The second-order valence-corrected chi connectivity index (χ2v) is 4.71. The van der Waals surface area contributed by atoms with Crippen LogP contribution in [0.4, 0.5) is 0 Å². The van der Waals surface area contributed by atoms with Gasteiger partial charge in [-0.1, -0.05) is 13.8 Å². The molecule has 0 fully saturated rings. The molecule has 0 amide bonds. The Labute approximate surface area is 90.5 Å². The van der Waals surface area contributed by atoms with Gasteiger partial charge in [-0.05, 0) is 24.8 Å². The molecule has 1 aromatic heterocycles. The van der Waals surface area contributed by atoms with E-state index in [4.69, 9.17) is 4.42 Å². The number of hydrogen-bond acceptors (Lipinski definition) is 3. The summed E-state index contributed by atoms with van der Waals surface area (Å²) in [6.07, 6.45) is 4.94. The van der Waals surface area contributed by atoms with Crippen LogP contribution in [0, 0.1) is 0 Å². The van der Waals surface area contributed by atoms with Gasteiger partial charge in [0.2, 0.25) is 0 Å². The van der Waals surface area contributed by atoms with Crippen LogP contribution in [-0.4, -0.2) is 18.1 Å². The van der Waals surface area contributed by atoms with E-state index in [-0.39, 0.29) is 0 Å². The van der Waals surface area contributed by atoms with E-state index in [9.17, 15) is 0 Å². The molecule has 0 radical (unpaired) electrons. The lowest BCUT2D eigenvalue weighted by Crippen LogP contribution is -2.26. The van der Waals surface area contributed by atoms with Crippen LogP contribution in [0.3, 0.4) is 0 Å². The average Bonchev–Trinajstić information content (AvgIpc) is 2.72. The second-order valence-electron chi connectivity index (χ2n) is 3.43. The van der Waals surface area contributed by atoms with Gasteiger partial charge >= 0.3 is 0 Å². The van der Waals surface area contributed by atoms with Crippen molar-refractivity contribution >= 4 is 11.8 Å². The van der Waals surface area contributed by atoms with Gasteiger partial charge in [-0.25, -0.2) is 0 Å². The van der Waals surface area contributed by atoms with Crippen LogP contribution >= 0.6 is 11.8 Å². The summed E-state index contributed by atoms with van der Waals surface area (Å²) in [6.45, 7) is 5.43. The second kappa shape index (κ2) is 6.14. The molecule has 0 aliphatic heterocycles. The van der Waals surface area contributed by atoms with Gasteiger partial charge in [-0.3, -0.25) is 0 Å². The Morgan fingerprint density at radius 1 is 1.57 bits per heavy atom. The summed E-state index contributed by atoms with van der Waals surface area (Å²) in [4.78, 5) is 0. The molecule has 80 valence electrons. The zero-order valence-electron chi connectivity index (χ0n) is 9.12. The van der Waals surface area contributed by atoms with Gasteiger partial charge in [0.15, 0.2) is 0 Å². The molecule has 0 aliphatic carbocycles. The van der Waals surface area contributed by atoms with E-state index in [1.165, 1.54) is 0 Å². The Kier molecular flexibility index (Phi) is 5.12. The molecule has 1 heterocycles. The fraction of sp³-hybridized carbons (Fsp3) is 0.636. The van der Waals surface area contributed by atoms with Gasteiger partial charge in [0.05, 0.1) is 12.3 Å². The molecule has 2 atom stereocenters. The summed E-state index contributed by atoms with van der Waals surface area (Å²) in [6, 6.07) is 4.34. The standard InChI is InChI=1S/C11H19NOS/c1-4-10(11-6-5-7-13-11)12-8-9(2)14-3/h5-7,9-10,12H,4,8H2,1-3H3. The zero-order chi connectivity index (χ0) is 10.4. The molecule has 14 heavy (non-hydrogen) atoms. The first-order valence-corrected chi connectivity index (χ1v) is 6.36. The normalized spacial score (nSPS) is 15.4. The summed E-state index contributed by atoms with van der Waals surface area (Å²) >= 11 is 1.88. The number of nitrogens with one attached hydrogen (secondary N) is 1. The highest BCUT2D eigenvalue weighted by Gasteiger charge is 2.11. The van der Waals surface area contributed by atoms with Crippen LogP contribution in [0.25, 0.3) is 0 Å². The molecule has 3 heteroatoms. The molecule has 0 spiro atoms. The summed E-state index contributed by atoms with van der Waals surface area (Å²) < 4.78 is 5.38. The molecule has 0 saturated carbocycles. The fourth-order valence-electron chi connectivity index (χ4n) is 1.33. The minimum atomic E-state index is 0.361. The highest BCUT2D eigenvalue weighted by molar-refractivity contribution is 7.99. The molecule has 1 rings (SSSR count). The molecule has 1 N–H and O–H groups in total. The van der Waals surface area contributed by atoms with E-state index >= 15 is 0 Å². The third kappa shape index (κ3) is 3.39. The largest absolute Gasteiger partial charge is 0.468 e. The van der Waals surface area contributed by atoms with Crippen molar-refractivity contribution in [3.63, 3.8) is 0 Å². The van der Waals surface area contributed by atoms with Crippen molar-refractivity contribution < 1.29 is 4.42 Å². The maximum absolute atomic E-state index is 5.38. The van der Waals surface area contributed by atoms with Gasteiger partial charge in [0.1, 0.15) is 5.76 Å². The van der Waals surface area contributed by atoms with Crippen LogP contribution in [0.1, 0.15) is 32.1 Å². The van der Waals surface area contributed by atoms with Gasteiger partial charge in [0.25, 0.3) is 0 Å². The Morgan fingerprint density at radius 2 is 2.36 bits per heavy atom. The lowest BCUT2D eigenvalue weighted by Gasteiger charge is -2.17. The molecule has 2 nitrogen and oxygen atoms in total. The van der Waals surface area contributed by atoms with E-state index < -0.39 is 0 Å². The molecule has 0 bridgehead atoms. The van der Waals surface area contributed by atoms with Crippen molar-refractivity contribution in [1.29, 1.82) is 0 Å². The highest BCUT2D eigenvalue weighted by Crippen LogP contribution is 2.17. The summed E-state index contributed by atoms with van der Waals surface area (Å²) in [5.41, 5.74) is 0. The summed E-state index contributed by atoms with van der Waals surface area (Å²) in [5, 5.41) is 4.16. The van der Waals surface area contributed by atoms with E-state index in [1.54, 1.807) is 6.26 Å². The van der Waals surface area contributed by atoms with Gasteiger partial charge in [0, 0.05) is 11.8 Å². The fourth-order valence-corrected chi connectivity index (χ4v) is 1.59. The van der Waals surface area contributed by atoms with Crippen LogP contribution in [0.2, 0.25) is 0 Å². The average molecular weight is 213 g/mol. The maximum Gasteiger partial charge on any atom is 0.120 e. The van der Waals surface area contributed by atoms with Crippen molar-refractivity contribution in [3.8, 4) is 0 Å². The number of thioether (sulfide) groups is 1. The first kappa shape index (κ1) is 11.7. The van der Waals surface area contributed by atoms with E-state index in [1.807, 2.05) is 23.9 Å². The van der Waals surface area contributed by atoms with Crippen LogP contribution in [0.5, 0.6) is 0 Å². The SMILES string of the molecule is CCC(NCC(C)SC)c1ccco1. The molecule has 1 aromatic rings. The molecular weight excluding hydrogens is 194 g/mol. The number of furan rings is 1. The van der Waals surface area contributed by atoms with Crippen molar-refractivity contribution in [3.05, 3.63) is 24.2 Å². The molecule has 0 saturated heterocycles. The zero-order valence-corrected chi connectivity index (χ0v) is 9.93. The third-order valence-corrected chi connectivity index (χ3v) is 3.32. The predicted molar refractivity (Wildman–Crippen MR) is 62.7 cm³/mol. The molecule has 0 aromatic carbocycles. The van der Waals surface area contributed by atoms with Crippen LogP contribution < -0.4 is 5.32 Å². The maximum atomic E-state index is 5.38. The van der Waals surface area contributed by atoms with Crippen molar-refractivity contribution in [2.24, 2.45) is 0 Å². The summed E-state index contributed by atoms with van der Waals surface area (Å²) in [7, 11) is 0. The third-order valence-electron chi connectivity index (χ3n) is 2.35. The van der Waals surface area contributed by atoms with Crippen LogP contribution in [0.15, 0.2) is 22.8 Å². The molecule has 0 aliphatic rings. The first-order valence-electron chi connectivity index (χ1n) is 5.07. The highest BCUT2D eigenvalue weighted by atomic mass is 32.2. The number of rotatable bonds is 6. The van der Waals surface area contributed by atoms with E-state index in [0.29, 0.717) is 11.3 Å². The minimum absolute atomic E-state index is 0.361. The Balaban J connectivity index is 2.40. The smallest absolute Gasteiger partial charge is 0.120 e. The Morgan fingerprint density at radius 3 is 2.86 bits per heavy atom. The van der Waals surface area contributed by atoms with Gasteiger partial charge in [-0.2, -0.15) is 11.8 Å². The predicted octanol–water partition coefficient (Wildman–Crippen LogP) is 3.07.